The molecule has 0 unspecified atom stereocenters. The number of ketones is 1. The largest absolute Gasteiger partial charge is 0.497 e. The lowest BCUT2D eigenvalue weighted by molar-refractivity contribution is 0.0319. The molecule has 2 rings (SSSR count). The number of nitrogens with two attached hydrogens (primary N) is 1. The van der Waals surface area contributed by atoms with Gasteiger partial charge in [0.2, 0.25) is 5.78 Å². The number of esters is 1. The van der Waals surface area contributed by atoms with E-state index in [1.165, 1.54) is 25.1 Å². The Morgan fingerprint density at radius 1 is 1.09 bits per heavy atom. The van der Waals surface area contributed by atoms with Crippen LogP contribution in [0.1, 0.15) is 27.6 Å². The summed E-state index contributed by atoms with van der Waals surface area (Å²) in [5, 5.41) is 0.351. The molecular formula is C17H16ClNO4. The smallest absolute Gasteiger partial charge is 0.338 e. The fraction of sp³-hybridized carbons (Fsp3) is 0.176. The van der Waals surface area contributed by atoms with Gasteiger partial charge in [0, 0.05) is 5.56 Å². The normalized spacial score (nSPS) is 11.6. The molecule has 0 aliphatic carbocycles. The Balaban J connectivity index is 2.07. The Bertz CT molecular complexity index is 728. The third kappa shape index (κ3) is 4.02. The van der Waals surface area contributed by atoms with E-state index in [4.69, 9.17) is 26.8 Å². The predicted octanol–water partition coefficient (Wildman–Crippen LogP) is 3.36. The fourth-order valence-corrected chi connectivity index (χ4v) is 2.06. The molecule has 0 aliphatic rings. The summed E-state index contributed by atoms with van der Waals surface area (Å²) in [6, 6.07) is 11.0. The molecule has 0 aromatic heterocycles. The number of rotatable bonds is 5. The van der Waals surface area contributed by atoms with Crippen molar-refractivity contribution in [2.45, 2.75) is 13.0 Å². The van der Waals surface area contributed by atoms with E-state index < -0.39 is 12.1 Å². The summed E-state index contributed by atoms with van der Waals surface area (Å²) in [6.45, 7) is 1.52. The van der Waals surface area contributed by atoms with Crippen molar-refractivity contribution in [3.63, 3.8) is 0 Å². The van der Waals surface area contributed by atoms with Crippen molar-refractivity contribution in [2.75, 3.05) is 12.8 Å². The van der Waals surface area contributed by atoms with Gasteiger partial charge < -0.3 is 15.2 Å². The van der Waals surface area contributed by atoms with Crippen LogP contribution in [0.4, 0.5) is 5.69 Å². The van der Waals surface area contributed by atoms with Crippen LogP contribution < -0.4 is 10.5 Å². The van der Waals surface area contributed by atoms with Crippen LogP contribution in [-0.2, 0) is 4.74 Å². The number of methoxy groups -OCH3 is 1. The van der Waals surface area contributed by atoms with Gasteiger partial charge in [-0.05, 0) is 49.4 Å². The molecule has 0 fully saturated rings. The summed E-state index contributed by atoms with van der Waals surface area (Å²) < 4.78 is 10.2. The van der Waals surface area contributed by atoms with Gasteiger partial charge in [0.25, 0.3) is 0 Å². The fourth-order valence-electron chi connectivity index (χ4n) is 1.94. The molecule has 5 nitrogen and oxygen atoms in total. The molecule has 0 bridgehead atoms. The van der Waals surface area contributed by atoms with Crippen LogP contribution in [0, 0.1) is 0 Å². The van der Waals surface area contributed by atoms with Crippen LogP contribution in [0.5, 0.6) is 5.75 Å². The standard InChI is InChI=1S/C17H16ClNO4/c1-10(16(20)11-3-6-13(22-2)7-4-11)23-17(21)12-5-8-14(18)15(19)9-12/h3-10H,19H2,1-2H3/t10-/m1/s1. The van der Waals surface area contributed by atoms with Crippen molar-refractivity contribution in [3.05, 3.63) is 58.6 Å². The van der Waals surface area contributed by atoms with Crippen LogP contribution >= 0.6 is 11.6 Å². The van der Waals surface area contributed by atoms with E-state index in [0.717, 1.165) is 0 Å². The van der Waals surface area contributed by atoms with E-state index in [-0.39, 0.29) is 17.0 Å². The number of hydrogen-bond acceptors (Lipinski definition) is 5. The summed E-state index contributed by atoms with van der Waals surface area (Å²) in [5.41, 5.74) is 6.59. The highest BCUT2D eigenvalue weighted by atomic mass is 35.5. The summed E-state index contributed by atoms with van der Waals surface area (Å²) in [5.74, 6) is -0.298. The molecule has 0 aliphatic heterocycles. The van der Waals surface area contributed by atoms with Gasteiger partial charge in [0.15, 0.2) is 6.10 Å². The maximum absolute atomic E-state index is 12.3. The Morgan fingerprint density at radius 3 is 2.26 bits per heavy atom. The third-order valence-corrected chi connectivity index (χ3v) is 3.60. The van der Waals surface area contributed by atoms with Crippen molar-refractivity contribution < 1.29 is 19.1 Å². The molecule has 2 aromatic carbocycles. The lowest BCUT2D eigenvalue weighted by Gasteiger charge is -2.13. The summed E-state index contributed by atoms with van der Waals surface area (Å²) in [7, 11) is 1.54. The third-order valence-electron chi connectivity index (χ3n) is 3.26. The number of carbonyl (C=O) groups excluding carboxylic acids is 2. The van der Waals surface area contributed by atoms with E-state index in [9.17, 15) is 9.59 Å². The predicted molar refractivity (Wildman–Crippen MR) is 88.1 cm³/mol. The van der Waals surface area contributed by atoms with Gasteiger partial charge in [-0.2, -0.15) is 0 Å². The molecule has 2 aromatic rings. The van der Waals surface area contributed by atoms with Crippen molar-refractivity contribution >= 4 is 29.0 Å². The number of halogens is 1. The quantitative estimate of drug-likeness (QED) is 0.515. The number of Topliss-reactive ketones (excluding diaryl/α,β-unsaturated/α-hetero) is 1. The molecule has 23 heavy (non-hydrogen) atoms. The number of hydrogen-bond donors (Lipinski definition) is 1. The molecule has 0 radical (unpaired) electrons. The highest BCUT2D eigenvalue weighted by molar-refractivity contribution is 6.33. The summed E-state index contributed by atoms with van der Waals surface area (Å²) in [4.78, 5) is 24.3. The minimum absolute atomic E-state index is 0.237. The van der Waals surface area contributed by atoms with Crippen LogP contribution in [0.15, 0.2) is 42.5 Å². The van der Waals surface area contributed by atoms with Crippen LogP contribution in [-0.4, -0.2) is 25.0 Å². The van der Waals surface area contributed by atoms with Gasteiger partial charge >= 0.3 is 5.97 Å². The van der Waals surface area contributed by atoms with Gasteiger partial charge in [-0.3, -0.25) is 4.79 Å². The molecule has 1 atom stereocenters. The van der Waals surface area contributed by atoms with Gasteiger partial charge in [0.05, 0.1) is 23.4 Å². The van der Waals surface area contributed by atoms with Gasteiger partial charge in [-0.1, -0.05) is 11.6 Å². The maximum atomic E-state index is 12.3. The van der Waals surface area contributed by atoms with E-state index >= 15 is 0 Å². The summed E-state index contributed by atoms with van der Waals surface area (Å²) >= 11 is 5.80. The zero-order valence-corrected chi connectivity index (χ0v) is 13.5. The van der Waals surface area contributed by atoms with Crippen molar-refractivity contribution in [2.24, 2.45) is 0 Å². The molecule has 0 spiro atoms. The summed E-state index contributed by atoms with van der Waals surface area (Å²) in [6.07, 6.45) is -0.923. The monoisotopic (exact) mass is 333 g/mol. The molecule has 120 valence electrons. The first-order valence-electron chi connectivity index (χ1n) is 6.86. The first-order chi connectivity index (χ1) is 10.9. The highest BCUT2D eigenvalue weighted by Gasteiger charge is 2.20. The topological polar surface area (TPSA) is 78.6 Å². The van der Waals surface area contributed by atoms with E-state index in [1.807, 2.05) is 0 Å². The van der Waals surface area contributed by atoms with Crippen molar-refractivity contribution in [1.29, 1.82) is 0 Å². The average molecular weight is 334 g/mol. The van der Waals surface area contributed by atoms with E-state index in [2.05, 4.69) is 0 Å². The van der Waals surface area contributed by atoms with Crippen LogP contribution in [0.2, 0.25) is 5.02 Å². The first kappa shape index (κ1) is 16.8. The van der Waals surface area contributed by atoms with Gasteiger partial charge in [-0.25, -0.2) is 4.79 Å². The van der Waals surface area contributed by atoms with Crippen molar-refractivity contribution in [1.82, 2.24) is 0 Å². The number of benzene rings is 2. The minimum atomic E-state index is -0.923. The SMILES string of the molecule is COc1ccc(C(=O)[C@@H](C)OC(=O)c2ccc(Cl)c(N)c2)cc1. The zero-order valence-electron chi connectivity index (χ0n) is 12.7. The minimum Gasteiger partial charge on any atom is -0.497 e. The van der Waals surface area contributed by atoms with Crippen molar-refractivity contribution in [3.8, 4) is 5.75 Å². The van der Waals surface area contributed by atoms with Crippen LogP contribution in [0.3, 0.4) is 0 Å². The number of carbonyl (C=O) groups is 2. The lowest BCUT2D eigenvalue weighted by Crippen LogP contribution is -2.24. The second-order valence-electron chi connectivity index (χ2n) is 4.88. The second kappa shape index (κ2) is 7.15. The molecule has 6 heteroatoms. The lowest BCUT2D eigenvalue weighted by atomic mass is 10.1. The van der Waals surface area contributed by atoms with Gasteiger partial charge in [0.1, 0.15) is 5.75 Å². The molecular weight excluding hydrogens is 318 g/mol. The Labute approximate surface area is 139 Å². The van der Waals surface area contributed by atoms with E-state index in [0.29, 0.717) is 16.3 Å². The van der Waals surface area contributed by atoms with Crippen LogP contribution in [0.25, 0.3) is 0 Å². The highest BCUT2D eigenvalue weighted by Crippen LogP contribution is 2.20. The number of ether oxygens (including phenoxy) is 2. The second-order valence-corrected chi connectivity index (χ2v) is 5.28. The average Bonchev–Trinajstić information content (AvgIpc) is 2.56. The Hall–Kier alpha value is -2.53. The number of anilines is 1. The van der Waals surface area contributed by atoms with Gasteiger partial charge in [-0.15, -0.1) is 0 Å². The first-order valence-corrected chi connectivity index (χ1v) is 7.24. The molecule has 0 amide bonds. The molecule has 0 heterocycles. The molecule has 2 N–H and O–H groups in total. The molecule has 0 saturated heterocycles. The van der Waals surface area contributed by atoms with E-state index in [1.54, 1.807) is 31.4 Å². The number of nitrogen functional groups attached to an aromatic ring is 1. The molecule has 0 saturated carbocycles. The Morgan fingerprint density at radius 2 is 1.70 bits per heavy atom. The zero-order chi connectivity index (χ0) is 17.0. The Kier molecular flexibility index (Phi) is 5.24. The maximum Gasteiger partial charge on any atom is 0.338 e.